The number of unbranched alkanes of at least 4 members (excludes halogenated alkanes) is 12. The van der Waals surface area contributed by atoms with Crippen LogP contribution in [-0.4, -0.2) is 37.2 Å². The molecule has 0 saturated carbocycles. The fraction of sp³-hybridized carbons (Fsp3) is 0.917. The highest BCUT2D eigenvalue weighted by Crippen LogP contribution is 2.13. The van der Waals surface area contributed by atoms with Crippen molar-refractivity contribution < 1.29 is 19.1 Å². The molecule has 2 atom stereocenters. The number of ether oxygens (including phenoxy) is 2. The summed E-state index contributed by atoms with van der Waals surface area (Å²) in [5.41, 5.74) is 0. The number of amides is 1. The summed E-state index contributed by atoms with van der Waals surface area (Å²) in [6.45, 7) is 6.67. The largest absolute Gasteiger partial charge is 0.464 e. The van der Waals surface area contributed by atoms with Crippen LogP contribution in [0.3, 0.4) is 0 Å². The van der Waals surface area contributed by atoms with Gasteiger partial charge in [0.05, 0.1) is 12.5 Å². The number of esters is 1. The average molecular weight is 448 g/mol. The van der Waals surface area contributed by atoms with Crippen molar-refractivity contribution in [2.75, 3.05) is 19.1 Å². The molecular formula is C24H46ClNO4. The lowest BCUT2D eigenvalue weighted by molar-refractivity contribution is -0.147. The van der Waals surface area contributed by atoms with Gasteiger partial charge in [0.2, 0.25) is 0 Å². The minimum Gasteiger partial charge on any atom is -0.464 e. The number of rotatable bonds is 20. The highest BCUT2D eigenvalue weighted by Gasteiger charge is 2.27. The predicted molar refractivity (Wildman–Crippen MR) is 125 cm³/mol. The number of hydrogen-bond donors (Lipinski definition) is 1. The van der Waals surface area contributed by atoms with Gasteiger partial charge in [0.1, 0.15) is 12.6 Å². The lowest BCUT2D eigenvalue weighted by Crippen LogP contribution is -2.46. The summed E-state index contributed by atoms with van der Waals surface area (Å²) in [5, 5.41) is 2.61. The van der Waals surface area contributed by atoms with E-state index in [0.29, 0.717) is 6.61 Å². The number of carbonyl (C=O) groups is 2. The third-order valence-electron chi connectivity index (χ3n) is 5.54. The molecule has 178 valence electrons. The molecule has 0 heterocycles. The summed E-state index contributed by atoms with van der Waals surface area (Å²) in [6, 6.07) is -0.681. The Hall–Kier alpha value is -0.970. The van der Waals surface area contributed by atoms with Crippen LogP contribution < -0.4 is 5.32 Å². The molecule has 30 heavy (non-hydrogen) atoms. The fourth-order valence-electron chi connectivity index (χ4n) is 3.35. The summed E-state index contributed by atoms with van der Waals surface area (Å²) >= 11 is 5.51. The van der Waals surface area contributed by atoms with Gasteiger partial charge in [0.25, 0.3) is 0 Å². The second kappa shape index (κ2) is 21.3. The third kappa shape index (κ3) is 16.8. The number of alkyl halides is 1. The van der Waals surface area contributed by atoms with Gasteiger partial charge in [-0.25, -0.2) is 9.59 Å². The van der Waals surface area contributed by atoms with E-state index in [4.69, 9.17) is 21.1 Å². The van der Waals surface area contributed by atoms with Crippen LogP contribution in [0, 0.1) is 5.92 Å². The molecule has 0 aromatic heterocycles. The van der Waals surface area contributed by atoms with Crippen LogP contribution in [0.5, 0.6) is 0 Å². The van der Waals surface area contributed by atoms with Crippen molar-refractivity contribution in [1.29, 1.82) is 0 Å². The average Bonchev–Trinajstić information content (AvgIpc) is 2.75. The molecule has 0 aromatic carbocycles. The molecule has 2 unspecified atom stereocenters. The Morgan fingerprint density at radius 1 is 0.767 bits per heavy atom. The van der Waals surface area contributed by atoms with Crippen molar-refractivity contribution in [2.24, 2.45) is 5.92 Å². The molecule has 5 nitrogen and oxygen atoms in total. The lowest BCUT2D eigenvalue weighted by Gasteiger charge is -2.22. The van der Waals surface area contributed by atoms with Crippen molar-refractivity contribution in [3.63, 3.8) is 0 Å². The van der Waals surface area contributed by atoms with E-state index in [-0.39, 0.29) is 24.4 Å². The molecule has 6 heteroatoms. The van der Waals surface area contributed by atoms with Crippen LogP contribution >= 0.6 is 11.6 Å². The first kappa shape index (κ1) is 29.0. The maximum atomic E-state index is 12.4. The van der Waals surface area contributed by atoms with Crippen LogP contribution in [0.15, 0.2) is 0 Å². The van der Waals surface area contributed by atoms with Gasteiger partial charge in [-0.1, -0.05) is 104 Å². The van der Waals surface area contributed by atoms with E-state index in [0.717, 1.165) is 19.3 Å². The Bertz CT molecular complexity index is 420. The van der Waals surface area contributed by atoms with Gasteiger partial charge in [-0.2, -0.15) is 0 Å². The topological polar surface area (TPSA) is 64.6 Å². The minimum absolute atomic E-state index is 0.0207. The number of carbonyl (C=O) groups excluding carboxylic acids is 2. The van der Waals surface area contributed by atoms with Gasteiger partial charge in [0.15, 0.2) is 0 Å². The molecule has 1 amide bonds. The van der Waals surface area contributed by atoms with Gasteiger partial charge >= 0.3 is 12.1 Å². The maximum Gasteiger partial charge on any atom is 0.407 e. The molecule has 0 bridgehead atoms. The van der Waals surface area contributed by atoms with Gasteiger partial charge in [-0.3, -0.25) is 0 Å². The molecule has 0 saturated heterocycles. The Balaban J connectivity index is 3.74. The smallest absolute Gasteiger partial charge is 0.407 e. The van der Waals surface area contributed by atoms with Crippen LogP contribution in [0.25, 0.3) is 0 Å². The van der Waals surface area contributed by atoms with Crippen molar-refractivity contribution in [3.8, 4) is 0 Å². The molecule has 0 aromatic rings. The molecule has 0 aliphatic heterocycles. The summed E-state index contributed by atoms with van der Waals surface area (Å²) in [5.74, 6) is -0.177. The third-order valence-corrected chi connectivity index (χ3v) is 5.70. The second-order valence-electron chi connectivity index (χ2n) is 8.24. The van der Waals surface area contributed by atoms with E-state index in [9.17, 15) is 9.59 Å². The van der Waals surface area contributed by atoms with Crippen molar-refractivity contribution >= 4 is 23.7 Å². The molecule has 0 rings (SSSR count). The molecule has 1 N–H and O–H groups in total. The first-order chi connectivity index (χ1) is 14.6. The molecule has 0 aliphatic carbocycles. The number of hydrogen-bond acceptors (Lipinski definition) is 4. The monoisotopic (exact) mass is 447 g/mol. The van der Waals surface area contributed by atoms with Crippen LogP contribution in [0.1, 0.15) is 111 Å². The van der Waals surface area contributed by atoms with Gasteiger partial charge in [-0.15, -0.1) is 11.6 Å². The van der Waals surface area contributed by atoms with E-state index in [1.807, 2.05) is 13.8 Å². The van der Waals surface area contributed by atoms with E-state index in [2.05, 4.69) is 12.2 Å². The predicted octanol–water partition coefficient (Wildman–Crippen LogP) is 7.00. The zero-order chi connectivity index (χ0) is 22.5. The van der Waals surface area contributed by atoms with Crippen LogP contribution in [-0.2, 0) is 14.3 Å². The molecule has 0 radical (unpaired) electrons. The Morgan fingerprint density at radius 2 is 1.27 bits per heavy atom. The summed E-state index contributed by atoms with van der Waals surface area (Å²) in [6.07, 6.45) is 16.8. The highest BCUT2D eigenvalue weighted by molar-refractivity contribution is 6.18. The normalized spacial score (nSPS) is 12.9. The zero-order valence-electron chi connectivity index (χ0n) is 19.7. The van der Waals surface area contributed by atoms with E-state index < -0.39 is 12.1 Å². The second-order valence-corrected chi connectivity index (χ2v) is 8.62. The highest BCUT2D eigenvalue weighted by atomic mass is 35.5. The SMILES string of the molecule is CCCCCCCCCCCCCCCOC(=O)C(NC(=O)OCCCl)C(C)CC. The summed E-state index contributed by atoms with van der Waals surface area (Å²) in [4.78, 5) is 24.1. The standard InChI is InChI=1S/C24H46ClNO4/c1-4-6-7-8-9-10-11-12-13-14-15-16-17-19-29-23(27)22(21(3)5-2)26-24(28)30-20-18-25/h21-22H,4-20H2,1-3H3,(H,26,28). The Labute approximate surface area is 190 Å². The number of nitrogens with one attached hydrogen (secondary N) is 1. The van der Waals surface area contributed by atoms with Gasteiger partial charge in [0, 0.05) is 0 Å². The Kier molecular flexibility index (Phi) is 20.6. The number of alkyl carbamates (subject to hydrolysis) is 1. The quantitative estimate of drug-likeness (QED) is 0.124. The van der Waals surface area contributed by atoms with Crippen molar-refractivity contribution in [2.45, 2.75) is 117 Å². The van der Waals surface area contributed by atoms with Crippen LogP contribution in [0.4, 0.5) is 4.79 Å². The molecule has 0 aliphatic rings. The first-order valence-corrected chi connectivity index (χ1v) is 12.8. The van der Waals surface area contributed by atoms with Crippen LogP contribution in [0.2, 0.25) is 0 Å². The minimum atomic E-state index is -0.681. The maximum absolute atomic E-state index is 12.4. The van der Waals surface area contributed by atoms with E-state index in [1.54, 1.807) is 0 Å². The summed E-state index contributed by atoms with van der Waals surface area (Å²) < 4.78 is 10.3. The van der Waals surface area contributed by atoms with Gasteiger partial charge < -0.3 is 14.8 Å². The zero-order valence-corrected chi connectivity index (χ0v) is 20.4. The van der Waals surface area contributed by atoms with E-state index in [1.165, 1.54) is 70.6 Å². The van der Waals surface area contributed by atoms with Crippen molar-refractivity contribution in [3.05, 3.63) is 0 Å². The lowest BCUT2D eigenvalue weighted by atomic mass is 9.99. The fourth-order valence-corrected chi connectivity index (χ4v) is 3.43. The molecule has 0 fully saturated rings. The molecular weight excluding hydrogens is 402 g/mol. The van der Waals surface area contributed by atoms with E-state index >= 15 is 0 Å². The van der Waals surface area contributed by atoms with Gasteiger partial charge in [-0.05, 0) is 12.3 Å². The van der Waals surface area contributed by atoms with Crippen molar-refractivity contribution in [1.82, 2.24) is 5.32 Å². The number of halogens is 1. The summed E-state index contributed by atoms with van der Waals surface area (Å²) in [7, 11) is 0. The Morgan fingerprint density at radius 3 is 1.73 bits per heavy atom. The first-order valence-electron chi connectivity index (χ1n) is 12.2. The molecule has 0 spiro atoms.